The number of aromatic nitrogens is 1. The van der Waals surface area contributed by atoms with Gasteiger partial charge in [-0.15, -0.1) is 0 Å². The number of para-hydroxylation sites is 1. The Morgan fingerprint density at radius 3 is 2.42 bits per heavy atom. The minimum atomic E-state index is -0.0740. The number of carbonyl (C=O) groups is 1. The van der Waals surface area contributed by atoms with E-state index in [1.807, 2.05) is 59.6 Å². The molecule has 5 rings (SSSR count). The number of H-pyrrole nitrogens is 1. The molecule has 1 aliphatic rings. The normalized spacial score (nSPS) is 16.2. The molecule has 1 atom stereocenters. The molecule has 0 bridgehead atoms. The van der Waals surface area contributed by atoms with Crippen LogP contribution in [0.5, 0.6) is 0 Å². The Morgan fingerprint density at radius 1 is 0.808 bits per heavy atom. The SMILES string of the molecule is O=C1c2ccccc2[C@H](c2c[nH]c3ccccc23)N1Cc1ccccc1. The summed E-state index contributed by atoms with van der Waals surface area (Å²) >= 11 is 0. The lowest BCUT2D eigenvalue weighted by molar-refractivity contribution is 0.0737. The molecule has 1 aromatic heterocycles. The fourth-order valence-electron chi connectivity index (χ4n) is 3.97. The number of nitrogens with zero attached hydrogens (tertiary/aromatic N) is 1. The average molecular weight is 338 g/mol. The zero-order chi connectivity index (χ0) is 17.5. The van der Waals surface area contributed by atoms with Gasteiger partial charge in [-0.3, -0.25) is 4.79 Å². The average Bonchev–Trinajstić information content (AvgIpc) is 3.23. The van der Waals surface area contributed by atoms with Crippen molar-refractivity contribution in [2.24, 2.45) is 0 Å². The van der Waals surface area contributed by atoms with E-state index >= 15 is 0 Å². The number of carbonyl (C=O) groups excluding carboxylic acids is 1. The first kappa shape index (κ1) is 15.0. The molecule has 3 nitrogen and oxygen atoms in total. The van der Waals surface area contributed by atoms with Crippen molar-refractivity contribution in [3.05, 3.63) is 107 Å². The van der Waals surface area contributed by atoms with Gasteiger partial charge in [0.05, 0.1) is 6.04 Å². The molecule has 0 saturated heterocycles. The molecule has 0 fully saturated rings. The molecule has 2 heterocycles. The minimum Gasteiger partial charge on any atom is -0.361 e. The summed E-state index contributed by atoms with van der Waals surface area (Å²) in [6.07, 6.45) is 2.04. The molecule has 0 unspecified atom stereocenters. The number of benzene rings is 3. The number of hydrogen-bond acceptors (Lipinski definition) is 1. The smallest absolute Gasteiger partial charge is 0.255 e. The van der Waals surface area contributed by atoms with Crippen molar-refractivity contribution in [1.29, 1.82) is 0 Å². The molecular formula is C23H18N2O. The summed E-state index contributed by atoms with van der Waals surface area (Å²) in [4.78, 5) is 18.5. The highest BCUT2D eigenvalue weighted by molar-refractivity contribution is 6.00. The van der Waals surface area contributed by atoms with E-state index in [0.29, 0.717) is 6.54 Å². The summed E-state index contributed by atoms with van der Waals surface area (Å²) in [5.41, 5.74) is 5.27. The molecule has 0 aliphatic carbocycles. The van der Waals surface area contributed by atoms with E-state index in [0.717, 1.165) is 27.8 Å². The maximum absolute atomic E-state index is 13.2. The van der Waals surface area contributed by atoms with Crippen LogP contribution in [-0.4, -0.2) is 15.8 Å². The van der Waals surface area contributed by atoms with E-state index in [1.54, 1.807) is 0 Å². The maximum atomic E-state index is 13.2. The minimum absolute atomic E-state index is 0.0740. The van der Waals surface area contributed by atoms with Gasteiger partial charge in [0, 0.05) is 34.8 Å². The molecular weight excluding hydrogens is 320 g/mol. The molecule has 126 valence electrons. The number of nitrogens with one attached hydrogen (secondary N) is 1. The van der Waals surface area contributed by atoms with Crippen LogP contribution in [0.3, 0.4) is 0 Å². The Hall–Kier alpha value is -3.33. The molecule has 1 aliphatic heterocycles. The quantitative estimate of drug-likeness (QED) is 0.566. The van der Waals surface area contributed by atoms with Crippen LogP contribution in [0.15, 0.2) is 85.1 Å². The standard InChI is InChI=1S/C23H18N2O/c26-23-19-12-5-4-11-18(19)22(25(23)15-16-8-2-1-3-9-16)20-14-24-21-13-7-6-10-17(20)21/h1-14,22,24H,15H2/t22-/m1/s1. The van der Waals surface area contributed by atoms with Crippen molar-refractivity contribution in [2.45, 2.75) is 12.6 Å². The molecule has 26 heavy (non-hydrogen) atoms. The Bertz CT molecular complexity index is 1100. The Labute approximate surface area is 151 Å². The Kier molecular flexibility index (Phi) is 3.39. The van der Waals surface area contributed by atoms with Crippen LogP contribution in [0.1, 0.15) is 33.1 Å². The van der Waals surface area contributed by atoms with Crippen molar-refractivity contribution in [3.8, 4) is 0 Å². The summed E-state index contributed by atoms with van der Waals surface area (Å²) < 4.78 is 0. The van der Waals surface area contributed by atoms with Crippen molar-refractivity contribution in [1.82, 2.24) is 9.88 Å². The van der Waals surface area contributed by atoms with Gasteiger partial charge >= 0.3 is 0 Å². The van der Waals surface area contributed by atoms with Gasteiger partial charge in [0.25, 0.3) is 5.91 Å². The summed E-state index contributed by atoms with van der Waals surface area (Å²) in [5.74, 6) is 0.0970. The van der Waals surface area contributed by atoms with Gasteiger partial charge in [0.15, 0.2) is 0 Å². The molecule has 4 aromatic rings. The zero-order valence-electron chi connectivity index (χ0n) is 14.2. The lowest BCUT2D eigenvalue weighted by Gasteiger charge is -2.25. The highest BCUT2D eigenvalue weighted by atomic mass is 16.2. The van der Waals surface area contributed by atoms with Crippen molar-refractivity contribution < 1.29 is 4.79 Å². The number of amides is 1. The first-order valence-corrected chi connectivity index (χ1v) is 8.83. The zero-order valence-corrected chi connectivity index (χ0v) is 14.2. The highest BCUT2D eigenvalue weighted by Gasteiger charge is 2.38. The predicted octanol–water partition coefficient (Wildman–Crippen LogP) is 4.91. The first-order valence-electron chi connectivity index (χ1n) is 8.83. The number of hydrogen-bond donors (Lipinski definition) is 1. The van der Waals surface area contributed by atoms with Crippen LogP contribution in [-0.2, 0) is 6.54 Å². The van der Waals surface area contributed by atoms with Crippen LogP contribution in [0.25, 0.3) is 10.9 Å². The molecule has 3 aromatic carbocycles. The molecule has 1 N–H and O–H groups in total. The van der Waals surface area contributed by atoms with E-state index in [-0.39, 0.29) is 11.9 Å². The van der Waals surface area contributed by atoms with E-state index in [4.69, 9.17) is 0 Å². The second kappa shape index (κ2) is 5.88. The third kappa shape index (κ3) is 2.25. The molecule has 3 heteroatoms. The number of aromatic amines is 1. The van der Waals surface area contributed by atoms with Crippen molar-refractivity contribution >= 4 is 16.8 Å². The summed E-state index contributed by atoms with van der Waals surface area (Å²) in [6, 6.07) is 26.3. The second-order valence-corrected chi connectivity index (χ2v) is 6.70. The van der Waals surface area contributed by atoms with Crippen LogP contribution in [0.2, 0.25) is 0 Å². The number of fused-ring (bicyclic) bond motifs is 2. The lowest BCUT2D eigenvalue weighted by Crippen LogP contribution is -2.28. The monoisotopic (exact) mass is 338 g/mol. The largest absolute Gasteiger partial charge is 0.361 e. The van der Waals surface area contributed by atoms with E-state index < -0.39 is 0 Å². The first-order chi connectivity index (χ1) is 12.8. The third-order valence-corrected chi connectivity index (χ3v) is 5.17. The van der Waals surface area contributed by atoms with Gasteiger partial charge in [-0.05, 0) is 23.3 Å². The fourth-order valence-corrected chi connectivity index (χ4v) is 3.97. The van der Waals surface area contributed by atoms with Crippen molar-refractivity contribution in [3.63, 3.8) is 0 Å². The summed E-state index contributed by atoms with van der Waals surface area (Å²) in [7, 11) is 0. The Morgan fingerprint density at radius 2 is 1.54 bits per heavy atom. The van der Waals surface area contributed by atoms with E-state index in [1.165, 1.54) is 5.39 Å². The molecule has 0 radical (unpaired) electrons. The van der Waals surface area contributed by atoms with Gasteiger partial charge in [0.2, 0.25) is 0 Å². The van der Waals surface area contributed by atoms with Gasteiger partial charge < -0.3 is 9.88 Å². The second-order valence-electron chi connectivity index (χ2n) is 6.70. The summed E-state index contributed by atoms with van der Waals surface area (Å²) in [6.45, 7) is 0.596. The lowest BCUT2D eigenvalue weighted by atomic mass is 9.97. The van der Waals surface area contributed by atoms with E-state index in [2.05, 4.69) is 35.3 Å². The fraction of sp³-hybridized carbons (Fsp3) is 0.0870. The van der Waals surface area contributed by atoms with Crippen LogP contribution in [0, 0.1) is 0 Å². The van der Waals surface area contributed by atoms with Crippen LogP contribution >= 0.6 is 0 Å². The third-order valence-electron chi connectivity index (χ3n) is 5.17. The van der Waals surface area contributed by atoms with Gasteiger partial charge in [-0.25, -0.2) is 0 Å². The van der Waals surface area contributed by atoms with Gasteiger partial charge in [-0.2, -0.15) is 0 Å². The van der Waals surface area contributed by atoms with Crippen LogP contribution in [0.4, 0.5) is 0 Å². The maximum Gasteiger partial charge on any atom is 0.255 e. The topological polar surface area (TPSA) is 36.1 Å². The van der Waals surface area contributed by atoms with Crippen molar-refractivity contribution in [2.75, 3.05) is 0 Å². The number of rotatable bonds is 3. The molecule has 1 amide bonds. The predicted molar refractivity (Wildman–Crippen MR) is 103 cm³/mol. The van der Waals surface area contributed by atoms with E-state index in [9.17, 15) is 4.79 Å². The Balaban J connectivity index is 1.67. The molecule has 0 saturated carbocycles. The highest BCUT2D eigenvalue weighted by Crippen LogP contribution is 2.41. The molecule has 0 spiro atoms. The van der Waals surface area contributed by atoms with Gasteiger partial charge in [-0.1, -0.05) is 66.7 Å². The van der Waals surface area contributed by atoms with Gasteiger partial charge in [0.1, 0.15) is 0 Å². The van der Waals surface area contributed by atoms with Crippen LogP contribution < -0.4 is 0 Å². The summed E-state index contributed by atoms with van der Waals surface area (Å²) in [5, 5.41) is 1.17.